The summed E-state index contributed by atoms with van der Waals surface area (Å²) in [5.74, 6) is 0.553. The van der Waals surface area contributed by atoms with Crippen molar-refractivity contribution in [1.29, 1.82) is 0 Å². The van der Waals surface area contributed by atoms with Crippen molar-refractivity contribution in [3.63, 3.8) is 0 Å². The fourth-order valence-corrected chi connectivity index (χ4v) is 2.95. The zero-order valence-electron chi connectivity index (χ0n) is 16.9. The summed E-state index contributed by atoms with van der Waals surface area (Å²) in [5, 5.41) is 2.42. The highest BCUT2D eigenvalue weighted by Crippen LogP contribution is 2.31. The number of hydrogen-bond acceptors (Lipinski definition) is 6. The second-order valence-electron chi connectivity index (χ2n) is 7.47. The number of ether oxygens (including phenoxy) is 2. The minimum absolute atomic E-state index is 0.00820. The summed E-state index contributed by atoms with van der Waals surface area (Å²) in [4.78, 5) is 19.4. The number of aromatic nitrogens is 2. The Morgan fingerprint density at radius 3 is 2.66 bits per heavy atom. The molecule has 0 aliphatic heterocycles. The highest BCUT2D eigenvalue weighted by molar-refractivity contribution is 5.84. The van der Waals surface area contributed by atoms with Crippen molar-refractivity contribution in [3.05, 3.63) is 36.2 Å². The molecule has 1 unspecified atom stereocenters. The first-order chi connectivity index (χ1) is 13.6. The van der Waals surface area contributed by atoms with E-state index in [1.807, 2.05) is 20.8 Å². The molecule has 0 aliphatic carbocycles. The monoisotopic (exact) mass is 408 g/mol. The normalized spacial score (nSPS) is 13.3. The Labute approximate surface area is 168 Å². The minimum atomic E-state index is -2.83. The maximum Gasteiger partial charge on any atom is 0.412 e. The van der Waals surface area contributed by atoms with E-state index in [0.29, 0.717) is 23.6 Å². The molecule has 0 saturated heterocycles. The number of halogens is 2. The first-order valence-corrected chi connectivity index (χ1v) is 9.13. The standard InChI is InChI=1S/C20H26F2N4O3/c1-12(2)10-20(3,23)11-29-15-6-5-14(25-17(15)18(21)22)13-7-8-24-16(9-13)26-19(27)28-4/h5-9,12,18H,10-11,23H2,1-4H3,(H,24,26,27). The van der Waals surface area contributed by atoms with Gasteiger partial charge in [0.05, 0.1) is 12.8 Å². The van der Waals surface area contributed by atoms with Gasteiger partial charge < -0.3 is 15.2 Å². The highest BCUT2D eigenvalue weighted by Gasteiger charge is 2.24. The number of carbonyl (C=O) groups is 1. The fourth-order valence-electron chi connectivity index (χ4n) is 2.95. The highest BCUT2D eigenvalue weighted by atomic mass is 19.3. The number of nitrogens with zero attached hydrogens (tertiary/aromatic N) is 2. The number of rotatable bonds is 8. The molecule has 2 aromatic heterocycles. The number of amides is 1. The molecule has 0 radical (unpaired) electrons. The average Bonchev–Trinajstić information content (AvgIpc) is 2.65. The molecule has 0 spiro atoms. The van der Waals surface area contributed by atoms with Gasteiger partial charge in [0.25, 0.3) is 6.43 Å². The molecule has 2 aromatic rings. The number of nitrogens with two attached hydrogens (primary N) is 1. The minimum Gasteiger partial charge on any atom is -0.490 e. The van der Waals surface area contributed by atoms with Crippen molar-refractivity contribution >= 4 is 11.9 Å². The molecular formula is C20H26F2N4O3. The lowest BCUT2D eigenvalue weighted by Gasteiger charge is -2.27. The van der Waals surface area contributed by atoms with Gasteiger partial charge in [0.2, 0.25) is 0 Å². The van der Waals surface area contributed by atoms with Gasteiger partial charge in [-0.05, 0) is 43.5 Å². The Hall–Kier alpha value is -2.81. The summed E-state index contributed by atoms with van der Waals surface area (Å²) in [6, 6.07) is 6.12. The molecule has 0 saturated carbocycles. The van der Waals surface area contributed by atoms with Gasteiger partial charge in [-0.25, -0.2) is 23.5 Å². The first kappa shape index (κ1) is 22.5. The summed E-state index contributed by atoms with van der Waals surface area (Å²) >= 11 is 0. The fraction of sp³-hybridized carbons (Fsp3) is 0.450. The van der Waals surface area contributed by atoms with E-state index in [0.717, 1.165) is 0 Å². The Bertz CT molecular complexity index is 844. The van der Waals surface area contributed by atoms with Crippen LogP contribution in [-0.2, 0) is 4.74 Å². The maximum absolute atomic E-state index is 13.6. The molecule has 7 nitrogen and oxygen atoms in total. The molecule has 0 aromatic carbocycles. The van der Waals surface area contributed by atoms with Crippen LogP contribution < -0.4 is 15.8 Å². The lowest BCUT2D eigenvalue weighted by molar-refractivity contribution is 0.134. The Kier molecular flexibility index (Phi) is 7.44. The maximum atomic E-state index is 13.6. The Morgan fingerprint density at radius 2 is 2.03 bits per heavy atom. The van der Waals surface area contributed by atoms with E-state index in [-0.39, 0.29) is 18.2 Å². The van der Waals surface area contributed by atoms with Crippen LogP contribution in [0.4, 0.5) is 19.4 Å². The van der Waals surface area contributed by atoms with Crippen LogP contribution in [0.2, 0.25) is 0 Å². The van der Waals surface area contributed by atoms with Crippen LogP contribution in [0.3, 0.4) is 0 Å². The first-order valence-electron chi connectivity index (χ1n) is 9.13. The quantitative estimate of drug-likeness (QED) is 0.672. The lowest BCUT2D eigenvalue weighted by atomic mass is 9.93. The van der Waals surface area contributed by atoms with Crippen LogP contribution in [0, 0.1) is 5.92 Å². The molecule has 1 atom stereocenters. The topological polar surface area (TPSA) is 99.4 Å². The average molecular weight is 408 g/mol. The summed E-state index contributed by atoms with van der Waals surface area (Å²) in [6.07, 6.45) is -1.39. The summed E-state index contributed by atoms with van der Waals surface area (Å²) in [5.41, 5.74) is 5.87. The van der Waals surface area contributed by atoms with E-state index < -0.39 is 23.8 Å². The van der Waals surface area contributed by atoms with E-state index >= 15 is 0 Å². The molecule has 3 N–H and O–H groups in total. The Morgan fingerprint density at radius 1 is 1.31 bits per heavy atom. The van der Waals surface area contributed by atoms with E-state index in [9.17, 15) is 13.6 Å². The van der Waals surface area contributed by atoms with Crippen LogP contribution in [-0.4, -0.2) is 35.3 Å². The van der Waals surface area contributed by atoms with Gasteiger partial charge in [-0.15, -0.1) is 0 Å². The number of methoxy groups -OCH3 is 1. The van der Waals surface area contributed by atoms with E-state index in [4.69, 9.17) is 10.5 Å². The molecule has 2 heterocycles. The molecule has 0 aliphatic rings. The van der Waals surface area contributed by atoms with Gasteiger partial charge in [-0.1, -0.05) is 13.8 Å². The number of carbonyl (C=O) groups excluding carboxylic acids is 1. The van der Waals surface area contributed by atoms with Gasteiger partial charge >= 0.3 is 6.09 Å². The predicted octanol–water partition coefficient (Wildman–Crippen LogP) is 4.40. The van der Waals surface area contributed by atoms with E-state index in [1.165, 1.54) is 25.4 Å². The largest absolute Gasteiger partial charge is 0.490 e. The van der Waals surface area contributed by atoms with E-state index in [2.05, 4.69) is 20.0 Å². The zero-order valence-corrected chi connectivity index (χ0v) is 16.9. The third-order valence-corrected chi connectivity index (χ3v) is 4.00. The van der Waals surface area contributed by atoms with Crippen LogP contribution >= 0.6 is 0 Å². The molecule has 158 valence electrons. The SMILES string of the molecule is COC(=O)Nc1cc(-c2ccc(OCC(C)(N)CC(C)C)c(C(F)F)n2)ccn1. The lowest BCUT2D eigenvalue weighted by Crippen LogP contribution is -2.43. The number of hydrogen-bond donors (Lipinski definition) is 2. The van der Waals surface area contributed by atoms with Crippen molar-refractivity contribution in [1.82, 2.24) is 9.97 Å². The Balaban J connectivity index is 2.26. The molecular weight excluding hydrogens is 382 g/mol. The molecule has 29 heavy (non-hydrogen) atoms. The molecule has 0 fully saturated rings. The van der Waals surface area contributed by atoms with Gasteiger partial charge in [-0.2, -0.15) is 0 Å². The van der Waals surface area contributed by atoms with Gasteiger partial charge in [0.15, 0.2) is 0 Å². The summed E-state index contributed by atoms with van der Waals surface area (Å²) < 4.78 is 37.3. The van der Waals surface area contributed by atoms with Crippen molar-refractivity contribution in [3.8, 4) is 17.0 Å². The van der Waals surface area contributed by atoms with Crippen LogP contribution in [0.15, 0.2) is 30.5 Å². The molecule has 9 heteroatoms. The van der Waals surface area contributed by atoms with Crippen molar-refractivity contribution in [2.24, 2.45) is 11.7 Å². The second kappa shape index (κ2) is 9.60. The number of anilines is 1. The number of alkyl halides is 2. The predicted molar refractivity (Wildman–Crippen MR) is 106 cm³/mol. The zero-order chi connectivity index (χ0) is 21.6. The van der Waals surface area contributed by atoms with Crippen LogP contribution in [0.5, 0.6) is 5.75 Å². The third-order valence-electron chi connectivity index (χ3n) is 4.00. The van der Waals surface area contributed by atoms with Crippen molar-refractivity contribution < 1.29 is 23.0 Å². The molecule has 1 amide bonds. The third kappa shape index (κ3) is 6.63. The summed E-state index contributed by atoms with van der Waals surface area (Å²) in [6.45, 7) is 5.98. The van der Waals surface area contributed by atoms with Crippen molar-refractivity contribution in [2.45, 2.75) is 39.2 Å². The number of pyridine rings is 2. The molecule has 2 rings (SSSR count). The van der Waals surface area contributed by atoms with Gasteiger partial charge in [0, 0.05) is 17.3 Å². The van der Waals surface area contributed by atoms with E-state index in [1.54, 1.807) is 12.1 Å². The van der Waals surface area contributed by atoms with Gasteiger partial charge in [-0.3, -0.25) is 5.32 Å². The summed E-state index contributed by atoms with van der Waals surface area (Å²) in [7, 11) is 1.22. The smallest absolute Gasteiger partial charge is 0.412 e. The van der Waals surface area contributed by atoms with Crippen LogP contribution in [0.1, 0.15) is 39.3 Å². The van der Waals surface area contributed by atoms with Gasteiger partial charge in [0.1, 0.15) is 23.9 Å². The van der Waals surface area contributed by atoms with Crippen molar-refractivity contribution in [2.75, 3.05) is 19.0 Å². The number of nitrogens with one attached hydrogen (secondary N) is 1. The van der Waals surface area contributed by atoms with Crippen LogP contribution in [0.25, 0.3) is 11.3 Å². The molecule has 0 bridgehead atoms. The second-order valence-corrected chi connectivity index (χ2v) is 7.47.